The molecule has 0 aromatic heterocycles. The maximum atomic E-state index is 12.5. The highest BCUT2D eigenvalue weighted by atomic mass is 35.5. The van der Waals surface area contributed by atoms with E-state index in [4.69, 9.17) is 23.2 Å². The fourth-order valence-electron chi connectivity index (χ4n) is 1.92. The first-order chi connectivity index (χ1) is 9.49. The van der Waals surface area contributed by atoms with E-state index in [1.54, 1.807) is 18.2 Å². The van der Waals surface area contributed by atoms with Crippen LogP contribution in [0.25, 0.3) is 0 Å². The van der Waals surface area contributed by atoms with Crippen LogP contribution < -0.4 is 5.32 Å². The van der Waals surface area contributed by atoms with E-state index in [1.807, 2.05) is 0 Å². The topological polar surface area (TPSA) is 29.1 Å². The van der Waals surface area contributed by atoms with Gasteiger partial charge in [-0.3, -0.25) is 4.21 Å². The van der Waals surface area contributed by atoms with Gasteiger partial charge in [-0.1, -0.05) is 50.4 Å². The number of hydrogen-bond acceptors (Lipinski definition) is 2. The Morgan fingerprint density at radius 1 is 1.25 bits per heavy atom. The SMILES string of the molecule is CCCNC(CS(=O)c1ccc(Cl)c(Cl)c1)C(C)CC. The monoisotopic (exact) mass is 335 g/mol. The molecule has 0 amide bonds. The highest BCUT2D eigenvalue weighted by molar-refractivity contribution is 7.85. The van der Waals surface area contributed by atoms with E-state index in [-0.39, 0.29) is 6.04 Å². The Kier molecular flexibility index (Phi) is 8.11. The summed E-state index contributed by atoms with van der Waals surface area (Å²) in [7, 11) is -1.06. The average molecular weight is 336 g/mol. The lowest BCUT2D eigenvalue weighted by Crippen LogP contribution is -2.39. The van der Waals surface area contributed by atoms with Gasteiger partial charge < -0.3 is 5.32 Å². The Balaban J connectivity index is 2.76. The summed E-state index contributed by atoms with van der Waals surface area (Å²) in [6.45, 7) is 7.44. The molecule has 2 nitrogen and oxygen atoms in total. The molecular formula is C15H23Cl2NOS. The van der Waals surface area contributed by atoms with Gasteiger partial charge in [0.15, 0.2) is 0 Å². The van der Waals surface area contributed by atoms with Crippen LogP contribution in [-0.2, 0) is 10.8 Å². The molecule has 20 heavy (non-hydrogen) atoms. The van der Waals surface area contributed by atoms with E-state index in [1.165, 1.54) is 0 Å². The molecular weight excluding hydrogens is 313 g/mol. The van der Waals surface area contributed by atoms with Gasteiger partial charge in [-0.15, -0.1) is 0 Å². The van der Waals surface area contributed by atoms with Gasteiger partial charge in [0.25, 0.3) is 0 Å². The van der Waals surface area contributed by atoms with Crippen molar-refractivity contribution in [3.05, 3.63) is 28.2 Å². The first-order valence-corrected chi connectivity index (χ1v) is 9.13. The fourth-order valence-corrected chi connectivity index (χ4v) is 3.71. The molecule has 0 saturated heterocycles. The minimum atomic E-state index is -1.06. The molecule has 0 aliphatic heterocycles. The van der Waals surface area contributed by atoms with Crippen LogP contribution >= 0.6 is 23.2 Å². The molecule has 0 fully saturated rings. The molecule has 0 spiro atoms. The van der Waals surface area contributed by atoms with E-state index in [2.05, 4.69) is 26.1 Å². The first-order valence-electron chi connectivity index (χ1n) is 7.06. The van der Waals surface area contributed by atoms with Gasteiger partial charge in [-0.25, -0.2) is 0 Å². The van der Waals surface area contributed by atoms with Crippen molar-refractivity contribution in [2.75, 3.05) is 12.3 Å². The Labute approximate surface area is 134 Å². The summed E-state index contributed by atoms with van der Waals surface area (Å²) >= 11 is 11.9. The van der Waals surface area contributed by atoms with E-state index >= 15 is 0 Å². The lowest BCUT2D eigenvalue weighted by atomic mass is 10.0. The van der Waals surface area contributed by atoms with Crippen molar-refractivity contribution >= 4 is 34.0 Å². The van der Waals surface area contributed by atoms with Gasteiger partial charge in [-0.2, -0.15) is 0 Å². The summed E-state index contributed by atoms with van der Waals surface area (Å²) in [5.74, 6) is 1.10. The number of benzene rings is 1. The van der Waals surface area contributed by atoms with Gasteiger partial charge in [0, 0.05) is 16.7 Å². The van der Waals surface area contributed by atoms with Crippen LogP contribution in [-0.4, -0.2) is 22.5 Å². The quantitative estimate of drug-likeness (QED) is 0.756. The molecule has 0 bridgehead atoms. The number of nitrogens with one attached hydrogen (secondary N) is 1. The molecule has 0 radical (unpaired) electrons. The zero-order chi connectivity index (χ0) is 15.1. The zero-order valence-electron chi connectivity index (χ0n) is 12.3. The zero-order valence-corrected chi connectivity index (χ0v) is 14.6. The summed E-state index contributed by atoms with van der Waals surface area (Å²) < 4.78 is 12.5. The van der Waals surface area contributed by atoms with Gasteiger partial charge in [0.2, 0.25) is 0 Å². The van der Waals surface area contributed by atoms with Crippen LogP contribution in [0.3, 0.4) is 0 Å². The van der Waals surface area contributed by atoms with Gasteiger partial charge >= 0.3 is 0 Å². The third-order valence-electron chi connectivity index (χ3n) is 3.47. The van der Waals surface area contributed by atoms with Crippen molar-refractivity contribution < 1.29 is 4.21 Å². The van der Waals surface area contributed by atoms with Crippen molar-refractivity contribution in [3.63, 3.8) is 0 Å². The second-order valence-electron chi connectivity index (χ2n) is 5.03. The van der Waals surface area contributed by atoms with Crippen molar-refractivity contribution in [2.24, 2.45) is 5.92 Å². The van der Waals surface area contributed by atoms with Crippen LogP contribution in [0.2, 0.25) is 10.0 Å². The molecule has 0 heterocycles. The lowest BCUT2D eigenvalue weighted by molar-refractivity contribution is 0.394. The Morgan fingerprint density at radius 2 is 1.95 bits per heavy atom. The van der Waals surface area contributed by atoms with E-state index in [0.717, 1.165) is 24.3 Å². The number of rotatable bonds is 8. The van der Waals surface area contributed by atoms with E-state index in [0.29, 0.717) is 21.7 Å². The highest BCUT2D eigenvalue weighted by Gasteiger charge is 2.19. The minimum absolute atomic E-state index is 0.259. The molecule has 1 aromatic carbocycles. The first kappa shape index (κ1) is 18.0. The maximum Gasteiger partial charge on any atom is 0.0604 e. The molecule has 0 aliphatic carbocycles. The Hall–Kier alpha value is -0.0900. The second-order valence-corrected chi connectivity index (χ2v) is 7.34. The van der Waals surface area contributed by atoms with Gasteiger partial charge in [0.1, 0.15) is 0 Å². The van der Waals surface area contributed by atoms with Crippen LogP contribution in [0.4, 0.5) is 0 Å². The predicted octanol–water partition coefficient (Wildman–Crippen LogP) is 4.52. The predicted molar refractivity (Wildman–Crippen MR) is 89.3 cm³/mol. The third-order valence-corrected chi connectivity index (χ3v) is 5.65. The molecule has 3 atom stereocenters. The second kappa shape index (κ2) is 9.04. The Bertz CT molecular complexity index is 453. The van der Waals surface area contributed by atoms with Crippen molar-refractivity contribution in [1.82, 2.24) is 5.32 Å². The molecule has 1 rings (SSSR count). The highest BCUT2D eigenvalue weighted by Crippen LogP contribution is 2.24. The maximum absolute atomic E-state index is 12.5. The molecule has 0 aliphatic rings. The standard InChI is InChI=1S/C15H23Cl2NOS/c1-4-8-18-15(11(3)5-2)10-20(19)12-6-7-13(16)14(17)9-12/h6-7,9,11,15,18H,4-5,8,10H2,1-3H3. The summed E-state index contributed by atoms with van der Waals surface area (Å²) in [4.78, 5) is 0.742. The molecule has 1 N–H and O–H groups in total. The lowest BCUT2D eigenvalue weighted by Gasteiger charge is -2.24. The average Bonchev–Trinajstić information content (AvgIpc) is 2.45. The summed E-state index contributed by atoms with van der Waals surface area (Å²) in [6.07, 6.45) is 2.15. The molecule has 3 unspecified atom stereocenters. The molecule has 0 saturated carbocycles. The number of halogens is 2. The van der Waals surface area contributed by atoms with Crippen LogP contribution in [0, 0.1) is 5.92 Å². The van der Waals surface area contributed by atoms with Crippen LogP contribution in [0.15, 0.2) is 23.1 Å². The molecule has 114 valence electrons. The summed E-state index contributed by atoms with van der Waals surface area (Å²) in [5, 5.41) is 4.45. The van der Waals surface area contributed by atoms with Crippen LogP contribution in [0.1, 0.15) is 33.6 Å². The van der Waals surface area contributed by atoms with Crippen molar-refractivity contribution in [2.45, 2.75) is 44.6 Å². The van der Waals surface area contributed by atoms with Gasteiger partial charge in [0.05, 0.1) is 20.8 Å². The fraction of sp³-hybridized carbons (Fsp3) is 0.600. The third kappa shape index (κ3) is 5.36. The smallest absolute Gasteiger partial charge is 0.0604 e. The normalized spacial score (nSPS) is 15.8. The largest absolute Gasteiger partial charge is 0.313 e. The Morgan fingerprint density at radius 3 is 2.50 bits per heavy atom. The molecule has 5 heteroatoms. The van der Waals surface area contributed by atoms with E-state index < -0.39 is 10.8 Å². The summed E-state index contributed by atoms with van der Waals surface area (Å²) in [6, 6.07) is 5.45. The minimum Gasteiger partial charge on any atom is -0.313 e. The summed E-state index contributed by atoms with van der Waals surface area (Å²) in [5.41, 5.74) is 0. The van der Waals surface area contributed by atoms with Gasteiger partial charge in [-0.05, 0) is 37.1 Å². The van der Waals surface area contributed by atoms with Crippen LogP contribution in [0.5, 0.6) is 0 Å². The van der Waals surface area contributed by atoms with Crippen molar-refractivity contribution in [3.8, 4) is 0 Å². The number of hydrogen-bond donors (Lipinski definition) is 1. The van der Waals surface area contributed by atoms with E-state index in [9.17, 15) is 4.21 Å². The van der Waals surface area contributed by atoms with Crippen molar-refractivity contribution in [1.29, 1.82) is 0 Å². The molecule has 1 aromatic rings.